The molecular formula is C36H38N2O4. The van der Waals surface area contributed by atoms with Crippen molar-refractivity contribution in [2.24, 2.45) is 5.92 Å². The van der Waals surface area contributed by atoms with E-state index in [2.05, 4.69) is 10.6 Å². The molecule has 6 nitrogen and oxygen atoms in total. The lowest BCUT2D eigenvalue weighted by atomic mass is 9.90. The molecule has 0 bridgehead atoms. The summed E-state index contributed by atoms with van der Waals surface area (Å²) >= 11 is 0. The lowest BCUT2D eigenvalue weighted by Gasteiger charge is -2.23. The van der Waals surface area contributed by atoms with E-state index >= 15 is 0 Å². The van der Waals surface area contributed by atoms with Gasteiger partial charge in [0.05, 0.1) is 12.5 Å². The van der Waals surface area contributed by atoms with Crippen molar-refractivity contribution in [3.63, 3.8) is 0 Å². The Morgan fingerprint density at radius 1 is 0.643 bits per heavy atom. The van der Waals surface area contributed by atoms with E-state index in [4.69, 9.17) is 4.74 Å². The third-order valence-electron chi connectivity index (χ3n) is 7.07. The summed E-state index contributed by atoms with van der Waals surface area (Å²) < 4.78 is 5.82. The van der Waals surface area contributed by atoms with Crippen molar-refractivity contribution >= 4 is 17.8 Å². The van der Waals surface area contributed by atoms with Crippen molar-refractivity contribution in [3.8, 4) is 0 Å². The molecule has 0 unspecified atom stereocenters. The highest BCUT2D eigenvalue weighted by molar-refractivity contribution is 5.92. The fourth-order valence-electron chi connectivity index (χ4n) is 5.01. The smallest absolute Gasteiger partial charge is 0.328 e. The van der Waals surface area contributed by atoms with E-state index in [1.54, 1.807) is 0 Å². The van der Waals surface area contributed by atoms with Crippen LogP contribution in [0.1, 0.15) is 54.4 Å². The molecule has 0 saturated heterocycles. The largest absolute Gasteiger partial charge is 0.463 e. The van der Waals surface area contributed by atoms with Crippen molar-refractivity contribution in [1.29, 1.82) is 0 Å². The highest BCUT2D eigenvalue weighted by atomic mass is 16.5. The molecule has 4 aromatic rings. The molecule has 0 spiro atoms. The van der Waals surface area contributed by atoms with Crippen LogP contribution in [0, 0.1) is 5.92 Å². The molecule has 6 heteroatoms. The second kappa shape index (κ2) is 15.3. The number of benzene rings is 4. The summed E-state index contributed by atoms with van der Waals surface area (Å²) in [5, 5.41) is 5.56. The molecule has 0 heterocycles. The van der Waals surface area contributed by atoms with Crippen LogP contribution in [0.2, 0.25) is 0 Å². The first-order chi connectivity index (χ1) is 20.4. The zero-order valence-electron chi connectivity index (χ0n) is 24.1. The van der Waals surface area contributed by atoms with Crippen molar-refractivity contribution in [1.82, 2.24) is 10.6 Å². The van der Waals surface area contributed by atoms with Gasteiger partial charge in [-0.1, -0.05) is 135 Å². The Labute approximate surface area is 248 Å². The van der Waals surface area contributed by atoms with Gasteiger partial charge in [-0.15, -0.1) is 0 Å². The summed E-state index contributed by atoms with van der Waals surface area (Å²) in [7, 11) is 0. The third-order valence-corrected chi connectivity index (χ3v) is 7.07. The second-order valence-corrected chi connectivity index (χ2v) is 10.7. The first-order valence-corrected chi connectivity index (χ1v) is 14.4. The number of hydrogen-bond acceptors (Lipinski definition) is 4. The van der Waals surface area contributed by atoms with Gasteiger partial charge in [0.2, 0.25) is 11.8 Å². The SMILES string of the molecule is CC(C)C[C@H](NC(=O)CNC(=O)C(c1ccccc1)c1ccccc1)C(=O)OCC(c1ccccc1)c1ccccc1. The van der Waals surface area contributed by atoms with Crippen LogP contribution in [0.4, 0.5) is 0 Å². The minimum Gasteiger partial charge on any atom is -0.463 e. The quantitative estimate of drug-likeness (QED) is 0.201. The summed E-state index contributed by atoms with van der Waals surface area (Å²) in [6.45, 7) is 3.85. The molecule has 0 saturated carbocycles. The predicted molar refractivity (Wildman–Crippen MR) is 165 cm³/mol. The van der Waals surface area contributed by atoms with Crippen molar-refractivity contribution in [2.75, 3.05) is 13.2 Å². The third kappa shape index (κ3) is 8.64. The molecule has 2 N–H and O–H groups in total. The highest BCUT2D eigenvalue weighted by Crippen LogP contribution is 2.26. The maximum atomic E-state index is 13.3. The Morgan fingerprint density at radius 3 is 1.50 bits per heavy atom. The summed E-state index contributed by atoms with van der Waals surface area (Å²) in [6, 6.07) is 37.9. The van der Waals surface area contributed by atoms with E-state index < -0.39 is 23.8 Å². The Morgan fingerprint density at radius 2 is 1.07 bits per heavy atom. The van der Waals surface area contributed by atoms with Crippen LogP contribution < -0.4 is 10.6 Å². The number of carbonyl (C=O) groups is 3. The van der Waals surface area contributed by atoms with Gasteiger partial charge in [-0.2, -0.15) is 0 Å². The molecule has 0 aliphatic rings. The Balaban J connectivity index is 1.40. The number of hydrogen-bond donors (Lipinski definition) is 2. The lowest BCUT2D eigenvalue weighted by Crippen LogP contribution is -2.47. The zero-order chi connectivity index (χ0) is 29.7. The van der Waals surface area contributed by atoms with E-state index in [0.29, 0.717) is 6.42 Å². The van der Waals surface area contributed by atoms with Gasteiger partial charge < -0.3 is 15.4 Å². The summed E-state index contributed by atoms with van der Waals surface area (Å²) in [6.07, 6.45) is 0.413. The minimum absolute atomic E-state index is 0.136. The van der Waals surface area contributed by atoms with Gasteiger partial charge in [0.1, 0.15) is 12.6 Å². The van der Waals surface area contributed by atoms with Crippen LogP contribution in [-0.2, 0) is 19.1 Å². The highest BCUT2D eigenvalue weighted by Gasteiger charge is 2.27. The molecule has 0 aliphatic heterocycles. The molecule has 0 aromatic heterocycles. The topological polar surface area (TPSA) is 84.5 Å². The number of carbonyl (C=O) groups excluding carboxylic acids is 3. The summed E-state index contributed by atoms with van der Waals surface area (Å²) in [4.78, 5) is 39.6. The average Bonchev–Trinajstić information content (AvgIpc) is 3.02. The van der Waals surface area contributed by atoms with Crippen LogP contribution in [0.15, 0.2) is 121 Å². The maximum absolute atomic E-state index is 13.3. The summed E-state index contributed by atoms with van der Waals surface area (Å²) in [5.41, 5.74) is 3.73. The van der Waals surface area contributed by atoms with E-state index in [1.165, 1.54) is 0 Å². The summed E-state index contributed by atoms with van der Waals surface area (Å²) in [5.74, 6) is -1.81. The average molecular weight is 563 g/mol. The lowest BCUT2D eigenvalue weighted by molar-refractivity contribution is -0.148. The number of ether oxygens (including phenoxy) is 1. The predicted octanol–water partition coefficient (Wildman–Crippen LogP) is 5.84. The fraction of sp³-hybridized carbons (Fsp3) is 0.250. The molecule has 216 valence electrons. The molecule has 2 amide bonds. The Hall–Kier alpha value is -4.71. The van der Waals surface area contributed by atoms with Crippen molar-refractivity contribution in [3.05, 3.63) is 144 Å². The molecule has 0 fully saturated rings. The van der Waals surface area contributed by atoms with Gasteiger partial charge in [0.15, 0.2) is 0 Å². The molecule has 4 aromatic carbocycles. The Bertz CT molecular complexity index is 1330. The standard InChI is InChI=1S/C36H38N2O4/c1-26(2)23-32(36(41)42-25-31(27-15-7-3-8-16-27)28-17-9-4-10-18-28)38-33(39)24-37-35(40)34(29-19-11-5-12-20-29)30-21-13-6-14-22-30/h3-22,26,31-32,34H,23-25H2,1-2H3,(H,37,40)(H,38,39)/t32-/m0/s1. The minimum atomic E-state index is -0.833. The van der Waals surface area contributed by atoms with Gasteiger partial charge in [-0.25, -0.2) is 4.79 Å². The normalized spacial score (nSPS) is 11.7. The fourth-order valence-corrected chi connectivity index (χ4v) is 5.01. The molecule has 0 aliphatic carbocycles. The Kier molecular flexibility index (Phi) is 11.0. The van der Waals surface area contributed by atoms with Crippen LogP contribution in [0.25, 0.3) is 0 Å². The molecule has 1 atom stereocenters. The van der Waals surface area contributed by atoms with Crippen molar-refractivity contribution in [2.45, 2.75) is 38.1 Å². The first-order valence-electron chi connectivity index (χ1n) is 14.4. The molecule has 4 rings (SSSR count). The number of esters is 1. The van der Waals surface area contributed by atoms with Gasteiger partial charge in [0.25, 0.3) is 0 Å². The maximum Gasteiger partial charge on any atom is 0.328 e. The molecule has 42 heavy (non-hydrogen) atoms. The van der Waals surface area contributed by atoms with Gasteiger partial charge in [0, 0.05) is 5.92 Å². The van der Waals surface area contributed by atoms with E-state index in [9.17, 15) is 14.4 Å². The van der Waals surface area contributed by atoms with E-state index in [-0.39, 0.29) is 30.9 Å². The van der Waals surface area contributed by atoms with Crippen LogP contribution >= 0.6 is 0 Å². The van der Waals surface area contributed by atoms with Gasteiger partial charge in [-0.05, 0) is 34.6 Å². The van der Waals surface area contributed by atoms with Crippen molar-refractivity contribution < 1.29 is 19.1 Å². The van der Waals surface area contributed by atoms with Crippen LogP contribution in [0.5, 0.6) is 0 Å². The van der Waals surface area contributed by atoms with Crippen LogP contribution in [-0.4, -0.2) is 37.0 Å². The first kappa shape index (κ1) is 30.3. The molecular weight excluding hydrogens is 524 g/mol. The van der Waals surface area contributed by atoms with Gasteiger partial charge >= 0.3 is 5.97 Å². The van der Waals surface area contributed by atoms with Crippen LogP contribution in [0.3, 0.4) is 0 Å². The number of nitrogens with one attached hydrogen (secondary N) is 2. The monoisotopic (exact) mass is 562 g/mol. The number of amides is 2. The van der Waals surface area contributed by atoms with E-state index in [0.717, 1.165) is 22.3 Å². The van der Waals surface area contributed by atoms with E-state index in [1.807, 2.05) is 135 Å². The number of rotatable bonds is 13. The van der Waals surface area contributed by atoms with Gasteiger partial charge in [-0.3, -0.25) is 9.59 Å². The molecule has 0 radical (unpaired) electrons. The zero-order valence-corrected chi connectivity index (χ0v) is 24.1. The second-order valence-electron chi connectivity index (χ2n) is 10.7.